The molecule has 98 valence electrons. The van der Waals surface area contributed by atoms with Gasteiger partial charge < -0.3 is 4.90 Å². The molecule has 0 spiro atoms. The molecule has 6 heteroatoms. The van der Waals surface area contributed by atoms with Gasteiger partial charge in [0.1, 0.15) is 5.82 Å². The van der Waals surface area contributed by atoms with Crippen LogP contribution in [0, 0.1) is 5.82 Å². The standard InChI is InChI=1S/C12H15BrFN3O/c13-1-2-16-3-5-17(6-4-16)12(18)10-7-11(14)9-15-8-10/h7-9H,1-6H2. The van der Waals surface area contributed by atoms with Crippen LogP contribution < -0.4 is 0 Å². The van der Waals surface area contributed by atoms with Crippen molar-refractivity contribution < 1.29 is 9.18 Å². The summed E-state index contributed by atoms with van der Waals surface area (Å²) in [6.07, 6.45) is 2.51. The average Bonchev–Trinajstić information content (AvgIpc) is 2.39. The maximum atomic E-state index is 13.0. The molecule has 1 aliphatic rings. The van der Waals surface area contributed by atoms with E-state index >= 15 is 0 Å². The van der Waals surface area contributed by atoms with Crippen molar-refractivity contribution in [3.8, 4) is 0 Å². The fourth-order valence-electron chi connectivity index (χ4n) is 2.01. The van der Waals surface area contributed by atoms with Crippen molar-refractivity contribution in [1.82, 2.24) is 14.8 Å². The average molecular weight is 316 g/mol. The number of hydrogen-bond acceptors (Lipinski definition) is 3. The summed E-state index contributed by atoms with van der Waals surface area (Å²) in [7, 11) is 0. The third-order valence-electron chi connectivity index (χ3n) is 3.01. The van der Waals surface area contributed by atoms with Crippen LogP contribution in [0.2, 0.25) is 0 Å². The van der Waals surface area contributed by atoms with Crippen molar-refractivity contribution in [2.45, 2.75) is 0 Å². The number of pyridine rings is 1. The molecular weight excluding hydrogens is 301 g/mol. The second-order valence-corrected chi connectivity index (χ2v) is 5.01. The number of nitrogens with zero attached hydrogens (tertiary/aromatic N) is 3. The van der Waals surface area contributed by atoms with Crippen LogP contribution in [0.4, 0.5) is 4.39 Å². The largest absolute Gasteiger partial charge is 0.336 e. The minimum Gasteiger partial charge on any atom is -0.336 e. The van der Waals surface area contributed by atoms with Gasteiger partial charge in [-0.2, -0.15) is 0 Å². The van der Waals surface area contributed by atoms with E-state index in [1.807, 2.05) is 0 Å². The van der Waals surface area contributed by atoms with Gasteiger partial charge in [-0.3, -0.25) is 14.7 Å². The monoisotopic (exact) mass is 315 g/mol. The predicted molar refractivity (Wildman–Crippen MR) is 70.3 cm³/mol. The summed E-state index contributed by atoms with van der Waals surface area (Å²) in [5.74, 6) is -0.612. The van der Waals surface area contributed by atoms with Gasteiger partial charge in [0.25, 0.3) is 5.91 Å². The number of piperazine rings is 1. The zero-order valence-corrected chi connectivity index (χ0v) is 11.6. The Labute approximate surface area is 114 Å². The van der Waals surface area contributed by atoms with Gasteiger partial charge in [0.05, 0.1) is 11.8 Å². The van der Waals surface area contributed by atoms with E-state index < -0.39 is 5.82 Å². The molecule has 18 heavy (non-hydrogen) atoms. The van der Waals surface area contributed by atoms with Crippen LogP contribution in [0.25, 0.3) is 0 Å². The summed E-state index contributed by atoms with van der Waals surface area (Å²) >= 11 is 3.40. The maximum Gasteiger partial charge on any atom is 0.255 e. The molecule has 1 aliphatic heterocycles. The molecule has 1 amide bonds. The molecule has 1 aromatic heterocycles. The second-order valence-electron chi connectivity index (χ2n) is 4.21. The lowest BCUT2D eigenvalue weighted by Gasteiger charge is -2.34. The van der Waals surface area contributed by atoms with E-state index in [1.54, 1.807) is 4.90 Å². The highest BCUT2D eigenvalue weighted by Crippen LogP contribution is 2.09. The number of carbonyl (C=O) groups is 1. The number of rotatable bonds is 3. The fourth-order valence-corrected chi connectivity index (χ4v) is 2.51. The van der Waals surface area contributed by atoms with Crippen molar-refractivity contribution in [3.05, 3.63) is 29.8 Å². The Morgan fingerprint density at radius 1 is 1.33 bits per heavy atom. The molecule has 4 nitrogen and oxygen atoms in total. The molecule has 0 radical (unpaired) electrons. The molecule has 0 N–H and O–H groups in total. The molecular formula is C12H15BrFN3O. The first-order valence-corrected chi connectivity index (χ1v) is 7.01. The first-order valence-electron chi connectivity index (χ1n) is 5.89. The lowest BCUT2D eigenvalue weighted by Crippen LogP contribution is -2.49. The minimum atomic E-state index is -0.473. The van der Waals surface area contributed by atoms with E-state index in [4.69, 9.17) is 0 Å². The summed E-state index contributed by atoms with van der Waals surface area (Å²) < 4.78 is 13.0. The number of halogens is 2. The van der Waals surface area contributed by atoms with Gasteiger partial charge in [0.15, 0.2) is 0 Å². The number of amides is 1. The zero-order chi connectivity index (χ0) is 13.0. The molecule has 0 aromatic carbocycles. The van der Waals surface area contributed by atoms with E-state index in [0.717, 1.165) is 31.2 Å². The highest BCUT2D eigenvalue weighted by molar-refractivity contribution is 9.09. The van der Waals surface area contributed by atoms with Crippen molar-refractivity contribution in [1.29, 1.82) is 0 Å². The van der Waals surface area contributed by atoms with Crippen LogP contribution in [0.5, 0.6) is 0 Å². The minimum absolute atomic E-state index is 0.138. The van der Waals surface area contributed by atoms with Crippen LogP contribution >= 0.6 is 15.9 Å². The summed E-state index contributed by atoms with van der Waals surface area (Å²) in [5.41, 5.74) is 0.323. The van der Waals surface area contributed by atoms with E-state index in [0.29, 0.717) is 18.7 Å². The smallest absolute Gasteiger partial charge is 0.255 e. The summed E-state index contributed by atoms with van der Waals surface area (Å²) in [4.78, 5) is 19.9. The van der Waals surface area contributed by atoms with Gasteiger partial charge in [-0.15, -0.1) is 0 Å². The Balaban J connectivity index is 1.95. The van der Waals surface area contributed by atoms with Gasteiger partial charge in [0, 0.05) is 44.3 Å². The third kappa shape index (κ3) is 3.26. The lowest BCUT2D eigenvalue weighted by atomic mass is 10.2. The molecule has 1 fully saturated rings. The Morgan fingerprint density at radius 3 is 2.67 bits per heavy atom. The lowest BCUT2D eigenvalue weighted by molar-refractivity contribution is 0.0644. The quantitative estimate of drug-likeness (QED) is 0.791. The molecule has 0 unspecified atom stereocenters. The first-order chi connectivity index (χ1) is 8.70. The van der Waals surface area contributed by atoms with Crippen molar-refractivity contribution >= 4 is 21.8 Å². The highest BCUT2D eigenvalue weighted by Gasteiger charge is 2.22. The van der Waals surface area contributed by atoms with E-state index in [-0.39, 0.29) is 5.91 Å². The normalized spacial score (nSPS) is 16.9. The zero-order valence-electron chi connectivity index (χ0n) is 9.98. The SMILES string of the molecule is O=C(c1cncc(F)c1)N1CCN(CCBr)CC1. The van der Waals surface area contributed by atoms with Crippen LogP contribution in [0.15, 0.2) is 18.5 Å². The summed E-state index contributed by atoms with van der Waals surface area (Å²) in [5, 5.41) is 0.939. The highest BCUT2D eigenvalue weighted by atomic mass is 79.9. The van der Waals surface area contributed by atoms with E-state index in [2.05, 4.69) is 25.8 Å². The Kier molecular flexibility index (Phi) is 4.66. The van der Waals surface area contributed by atoms with Gasteiger partial charge in [-0.1, -0.05) is 15.9 Å². The van der Waals surface area contributed by atoms with Crippen LogP contribution in [0.1, 0.15) is 10.4 Å². The maximum absolute atomic E-state index is 13.0. The van der Waals surface area contributed by atoms with Gasteiger partial charge >= 0.3 is 0 Å². The van der Waals surface area contributed by atoms with Gasteiger partial charge in [-0.05, 0) is 6.07 Å². The Bertz CT molecular complexity index is 422. The summed E-state index contributed by atoms with van der Waals surface area (Å²) in [6.45, 7) is 4.08. The fraction of sp³-hybridized carbons (Fsp3) is 0.500. The molecule has 1 saturated heterocycles. The number of alkyl halides is 1. The van der Waals surface area contributed by atoms with Crippen molar-refractivity contribution in [2.24, 2.45) is 0 Å². The van der Waals surface area contributed by atoms with Crippen molar-refractivity contribution in [3.63, 3.8) is 0 Å². The van der Waals surface area contributed by atoms with E-state index in [1.165, 1.54) is 12.3 Å². The first kappa shape index (κ1) is 13.4. The van der Waals surface area contributed by atoms with Crippen LogP contribution in [0.3, 0.4) is 0 Å². The number of aromatic nitrogens is 1. The Hall–Kier alpha value is -1.01. The molecule has 2 heterocycles. The second kappa shape index (κ2) is 6.24. The molecule has 0 atom stereocenters. The van der Waals surface area contributed by atoms with Crippen molar-refractivity contribution in [2.75, 3.05) is 38.1 Å². The Morgan fingerprint density at radius 2 is 2.06 bits per heavy atom. The third-order valence-corrected chi connectivity index (χ3v) is 3.37. The van der Waals surface area contributed by atoms with Crippen LogP contribution in [-0.4, -0.2) is 58.7 Å². The summed E-state index contributed by atoms with van der Waals surface area (Å²) in [6, 6.07) is 1.24. The number of carbonyl (C=O) groups excluding carboxylic acids is 1. The molecule has 0 saturated carbocycles. The molecule has 1 aromatic rings. The number of hydrogen-bond donors (Lipinski definition) is 0. The predicted octanol–water partition coefficient (Wildman–Crippen LogP) is 1.37. The van der Waals surface area contributed by atoms with E-state index in [9.17, 15) is 9.18 Å². The van der Waals surface area contributed by atoms with Gasteiger partial charge in [-0.25, -0.2) is 4.39 Å². The van der Waals surface area contributed by atoms with Crippen LogP contribution in [-0.2, 0) is 0 Å². The molecule has 0 aliphatic carbocycles. The topological polar surface area (TPSA) is 36.4 Å². The molecule has 0 bridgehead atoms. The van der Waals surface area contributed by atoms with Gasteiger partial charge in [0.2, 0.25) is 0 Å². The molecule has 2 rings (SSSR count).